The number of hydrogen-bond donors (Lipinski definition) is 1. The Morgan fingerprint density at radius 2 is 1.78 bits per heavy atom. The maximum atomic E-state index is 13.2. The van der Waals surface area contributed by atoms with Crippen LogP contribution in [-0.2, 0) is 19.6 Å². The van der Waals surface area contributed by atoms with Gasteiger partial charge < -0.3 is 14.8 Å². The number of rotatable bonds is 7. The summed E-state index contributed by atoms with van der Waals surface area (Å²) in [6.07, 6.45) is 4.69. The summed E-state index contributed by atoms with van der Waals surface area (Å²) in [7, 11) is -3.74. The molecule has 32 heavy (non-hydrogen) atoms. The number of nitrogens with one attached hydrogen (secondary N) is 1. The normalized spacial score (nSPS) is 17.9. The molecule has 1 heterocycles. The number of hydrogen-bond acceptors (Lipinski definition) is 5. The zero-order valence-corrected chi connectivity index (χ0v) is 18.6. The third-order valence-corrected chi connectivity index (χ3v) is 7.72. The fourth-order valence-corrected chi connectivity index (χ4v) is 5.53. The Bertz CT molecular complexity index is 1050. The van der Waals surface area contributed by atoms with Crippen LogP contribution >= 0.6 is 0 Å². The van der Waals surface area contributed by atoms with Crippen LogP contribution in [0.3, 0.4) is 0 Å². The molecule has 7 nitrogen and oxygen atoms in total. The molecule has 0 radical (unpaired) electrons. The highest BCUT2D eigenvalue weighted by atomic mass is 32.2. The molecule has 0 aromatic heterocycles. The zero-order valence-electron chi connectivity index (χ0n) is 17.8. The molecule has 2 aromatic carbocycles. The molecule has 2 aliphatic rings. The van der Waals surface area contributed by atoms with Crippen LogP contribution in [0.15, 0.2) is 47.4 Å². The molecule has 172 valence electrons. The van der Waals surface area contributed by atoms with Crippen molar-refractivity contribution < 1.29 is 27.1 Å². The van der Waals surface area contributed by atoms with Gasteiger partial charge in [0.15, 0.2) is 5.75 Å². The first-order chi connectivity index (χ1) is 15.4. The van der Waals surface area contributed by atoms with Gasteiger partial charge in [-0.05, 0) is 61.2 Å². The molecule has 1 N–H and O–H groups in total. The summed E-state index contributed by atoms with van der Waals surface area (Å²) in [6, 6.07) is 9.87. The first-order valence-electron chi connectivity index (χ1n) is 10.9. The maximum absolute atomic E-state index is 13.2. The molecule has 1 aliphatic carbocycles. The van der Waals surface area contributed by atoms with Gasteiger partial charge in [-0.25, -0.2) is 12.8 Å². The minimum absolute atomic E-state index is 0.0713. The number of benzene rings is 2. The van der Waals surface area contributed by atoms with Gasteiger partial charge >= 0.3 is 0 Å². The predicted octanol–water partition coefficient (Wildman–Crippen LogP) is 4.16. The van der Waals surface area contributed by atoms with E-state index in [1.165, 1.54) is 46.8 Å². The number of sulfonamides is 1. The first kappa shape index (κ1) is 22.7. The van der Waals surface area contributed by atoms with Gasteiger partial charge in [0.1, 0.15) is 11.6 Å². The molecule has 1 amide bonds. The molecule has 0 bridgehead atoms. The number of morpholine rings is 1. The Balaban J connectivity index is 1.60. The lowest BCUT2D eigenvalue weighted by atomic mass is 10.0. The van der Waals surface area contributed by atoms with Gasteiger partial charge in [-0.3, -0.25) is 4.79 Å². The van der Waals surface area contributed by atoms with Crippen molar-refractivity contribution >= 4 is 21.6 Å². The fourth-order valence-electron chi connectivity index (χ4n) is 4.10. The highest BCUT2D eigenvalue weighted by Gasteiger charge is 2.28. The van der Waals surface area contributed by atoms with Crippen molar-refractivity contribution in [1.82, 2.24) is 4.31 Å². The van der Waals surface area contributed by atoms with Gasteiger partial charge in [-0.15, -0.1) is 0 Å². The van der Waals surface area contributed by atoms with E-state index in [9.17, 15) is 17.6 Å². The number of halogens is 1. The van der Waals surface area contributed by atoms with Crippen molar-refractivity contribution in [2.75, 3.05) is 31.6 Å². The van der Waals surface area contributed by atoms with E-state index in [0.29, 0.717) is 31.3 Å². The van der Waals surface area contributed by atoms with E-state index in [-0.39, 0.29) is 35.3 Å². The highest BCUT2D eigenvalue weighted by Crippen LogP contribution is 2.34. The second kappa shape index (κ2) is 9.97. The van der Waals surface area contributed by atoms with Crippen molar-refractivity contribution in [1.29, 1.82) is 0 Å². The fraction of sp³-hybridized carbons (Fsp3) is 0.435. The van der Waals surface area contributed by atoms with E-state index in [1.807, 2.05) is 0 Å². The second-order valence-electron chi connectivity index (χ2n) is 8.13. The van der Waals surface area contributed by atoms with Crippen molar-refractivity contribution in [3.63, 3.8) is 0 Å². The van der Waals surface area contributed by atoms with Crippen molar-refractivity contribution in [2.45, 2.75) is 37.0 Å². The molecule has 2 fully saturated rings. The Morgan fingerprint density at radius 3 is 2.47 bits per heavy atom. The lowest BCUT2D eigenvalue weighted by molar-refractivity contribution is -0.117. The SMILES string of the molecule is O=C(CC1CCCC1)Nc1cc(S(=O)(=O)N2CCOCC2)ccc1Oc1ccc(F)cc1. The second-order valence-corrected chi connectivity index (χ2v) is 10.1. The third-order valence-electron chi connectivity index (χ3n) is 5.82. The van der Waals surface area contributed by atoms with Crippen LogP contribution in [0.5, 0.6) is 11.5 Å². The lowest BCUT2D eigenvalue weighted by Gasteiger charge is -2.26. The molecule has 2 aromatic rings. The van der Waals surface area contributed by atoms with E-state index >= 15 is 0 Å². The average molecular weight is 463 g/mol. The number of carbonyl (C=O) groups excluding carboxylic acids is 1. The van der Waals surface area contributed by atoms with Crippen LogP contribution in [0.1, 0.15) is 32.1 Å². The number of nitrogens with zero attached hydrogens (tertiary/aromatic N) is 1. The quantitative estimate of drug-likeness (QED) is 0.668. The first-order valence-corrected chi connectivity index (χ1v) is 12.3. The van der Waals surface area contributed by atoms with E-state index in [2.05, 4.69) is 5.32 Å². The van der Waals surface area contributed by atoms with Gasteiger partial charge in [-0.2, -0.15) is 4.31 Å². The maximum Gasteiger partial charge on any atom is 0.243 e. The topological polar surface area (TPSA) is 84.9 Å². The standard InChI is InChI=1S/C23H27FN2O5S/c24-18-5-7-19(8-6-18)31-22-10-9-20(32(28,29)26-11-13-30-14-12-26)16-21(22)25-23(27)15-17-3-1-2-4-17/h5-10,16-17H,1-4,11-15H2,(H,25,27). The summed E-state index contributed by atoms with van der Waals surface area (Å²) in [5.74, 6) is 0.437. The molecule has 9 heteroatoms. The molecule has 1 saturated carbocycles. The number of anilines is 1. The summed E-state index contributed by atoms with van der Waals surface area (Å²) in [4.78, 5) is 12.8. The van der Waals surface area contributed by atoms with Crippen LogP contribution in [0.25, 0.3) is 0 Å². The third kappa shape index (κ3) is 5.46. The Morgan fingerprint density at radius 1 is 1.09 bits per heavy atom. The van der Waals surface area contributed by atoms with Gasteiger partial charge in [-0.1, -0.05) is 12.8 Å². The molecular formula is C23H27FN2O5S. The van der Waals surface area contributed by atoms with Crippen LogP contribution in [0, 0.1) is 11.7 Å². The summed E-state index contributed by atoms with van der Waals surface area (Å²) in [5.41, 5.74) is 0.270. The van der Waals surface area contributed by atoms with Crippen LogP contribution < -0.4 is 10.1 Å². The predicted molar refractivity (Wildman–Crippen MR) is 118 cm³/mol. The molecule has 0 spiro atoms. The van der Waals surface area contributed by atoms with Crippen LogP contribution in [-0.4, -0.2) is 44.9 Å². The van der Waals surface area contributed by atoms with Crippen molar-refractivity contribution in [3.8, 4) is 11.5 Å². The van der Waals surface area contributed by atoms with Gasteiger partial charge in [0, 0.05) is 19.5 Å². The van der Waals surface area contributed by atoms with Gasteiger partial charge in [0.2, 0.25) is 15.9 Å². The van der Waals surface area contributed by atoms with E-state index < -0.39 is 15.8 Å². The molecule has 0 atom stereocenters. The summed E-state index contributed by atoms with van der Waals surface area (Å²) >= 11 is 0. The highest BCUT2D eigenvalue weighted by molar-refractivity contribution is 7.89. The Hall–Kier alpha value is -2.49. The molecule has 1 aliphatic heterocycles. The minimum atomic E-state index is -3.74. The number of amides is 1. The van der Waals surface area contributed by atoms with Crippen LogP contribution in [0.4, 0.5) is 10.1 Å². The Kier molecular flexibility index (Phi) is 7.07. The monoisotopic (exact) mass is 462 g/mol. The summed E-state index contributed by atoms with van der Waals surface area (Å²) in [5, 5.41) is 2.84. The average Bonchev–Trinajstić information content (AvgIpc) is 3.30. The lowest BCUT2D eigenvalue weighted by Crippen LogP contribution is -2.40. The molecule has 0 unspecified atom stereocenters. The summed E-state index contributed by atoms with van der Waals surface area (Å²) < 4.78 is 51.9. The molecular weight excluding hydrogens is 435 g/mol. The Labute approximate surface area is 187 Å². The largest absolute Gasteiger partial charge is 0.455 e. The van der Waals surface area contributed by atoms with Gasteiger partial charge in [0.05, 0.1) is 23.8 Å². The van der Waals surface area contributed by atoms with Crippen molar-refractivity contribution in [3.05, 3.63) is 48.3 Å². The zero-order chi connectivity index (χ0) is 22.6. The number of carbonyl (C=O) groups is 1. The molecule has 1 saturated heterocycles. The van der Waals surface area contributed by atoms with E-state index in [0.717, 1.165) is 25.7 Å². The van der Waals surface area contributed by atoms with E-state index in [4.69, 9.17) is 9.47 Å². The molecule has 4 rings (SSSR count). The van der Waals surface area contributed by atoms with Crippen molar-refractivity contribution in [2.24, 2.45) is 5.92 Å². The van der Waals surface area contributed by atoms with Crippen LogP contribution in [0.2, 0.25) is 0 Å². The summed E-state index contributed by atoms with van der Waals surface area (Å²) in [6.45, 7) is 1.24. The number of ether oxygens (including phenoxy) is 2. The van der Waals surface area contributed by atoms with Gasteiger partial charge in [0.25, 0.3) is 0 Å². The smallest absolute Gasteiger partial charge is 0.243 e. The minimum Gasteiger partial charge on any atom is -0.455 e. The van der Waals surface area contributed by atoms with E-state index in [1.54, 1.807) is 0 Å².